The Morgan fingerprint density at radius 2 is 1.67 bits per heavy atom. The van der Waals surface area contributed by atoms with E-state index in [0.29, 0.717) is 24.6 Å². The molecule has 0 spiro atoms. The number of aromatic carboxylic acids is 1. The summed E-state index contributed by atoms with van der Waals surface area (Å²) in [4.78, 5) is 69.3. The van der Waals surface area contributed by atoms with Gasteiger partial charge in [0.15, 0.2) is 17.3 Å². The zero-order chi connectivity index (χ0) is 39.0. The largest absolute Gasteiger partial charge is 0.547 e. The molecule has 0 bridgehead atoms. The summed E-state index contributed by atoms with van der Waals surface area (Å²) in [6.45, 7) is 1.85. The Balaban J connectivity index is 1.15. The number of phenols is 3. The van der Waals surface area contributed by atoms with E-state index in [4.69, 9.17) is 4.65 Å². The summed E-state index contributed by atoms with van der Waals surface area (Å²) < 4.78 is 34.2. The second-order valence-corrected chi connectivity index (χ2v) is 13.0. The number of anilines is 1. The lowest BCUT2D eigenvalue weighted by atomic mass is 9.72. The third-order valence-corrected chi connectivity index (χ3v) is 9.69. The van der Waals surface area contributed by atoms with Gasteiger partial charge in [-0.15, -0.1) is 0 Å². The number of fused-ring (bicyclic) bond motifs is 1. The highest BCUT2D eigenvalue weighted by molar-refractivity contribution is 6.47. The number of nitrogens with one attached hydrogen (secondary N) is 3. The third kappa shape index (κ3) is 7.32. The molecule has 2 fully saturated rings. The SMILES string of the molecule is Cc1c([C@@H](NC(=O)N2CCN(C3CCN(C(=O)Nc4cccc(O)c4)CC3)C2=O)C(=O)NC2Cc3ccc(F)c(C(=O)O)c3OB2O)cc(F)c(O)c1O. The van der Waals surface area contributed by atoms with Crippen LogP contribution in [0.2, 0.25) is 0 Å². The lowest BCUT2D eigenvalue weighted by Crippen LogP contribution is -2.56. The Kier molecular flexibility index (Phi) is 10.4. The molecule has 0 aromatic heterocycles. The van der Waals surface area contributed by atoms with Gasteiger partial charge in [0.1, 0.15) is 28.9 Å². The number of piperidine rings is 1. The first kappa shape index (κ1) is 37.5. The highest BCUT2D eigenvalue weighted by atomic mass is 19.1. The number of amides is 7. The number of carboxylic acids is 1. The minimum absolute atomic E-state index is 0.0108. The molecular weight excluding hydrogens is 717 g/mol. The highest BCUT2D eigenvalue weighted by Gasteiger charge is 2.43. The molecule has 2 atom stereocenters. The molecule has 3 aromatic carbocycles. The van der Waals surface area contributed by atoms with Crippen LogP contribution in [0.5, 0.6) is 23.0 Å². The molecule has 0 radical (unpaired) electrons. The minimum atomic E-state index is -1.90. The van der Waals surface area contributed by atoms with Crippen molar-refractivity contribution in [2.24, 2.45) is 0 Å². The molecule has 3 aliphatic rings. The monoisotopic (exact) mass is 752 g/mol. The van der Waals surface area contributed by atoms with Crippen LogP contribution in [0.25, 0.3) is 0 Å². The lowest BCUT2D eigenvalue weighted by Gasteiger charge is -2.36. The molecule has 2 saturated heterocycles. The van der Waals surface area contributed by atoms with Crippen LogP contribution in [-0.4, -0.2) is 115 Å². The fraction of sp³-hybridized carbons (Fsp3) is 0.324. The van der Waals surface area contributed by atoms with E-state index in [9.17, 15) is 58.2 Å². The zero-order valence-electron chi connectivity index (χ0n) is 28.6. The van der Waals surface area contributed by atoms with E-state index in [2.05, 4.69) is 16.0 Å². The molecule has 3 aromatic rings. The average molecular weight is 752 g/mol. The molecular formula is C34H35BF2N6O11. The van der Waals surface area contributed by atoms with Gasteiger partial charge in [-0.25, -0.2) is 32.9 Å². The first-order chi connectivity index (χ1) is 25.6. The van der Waals surface area contributed by atoms with E-state index >= 15 is 0 Å². The van der Waals surface area contributed by atoms with Gasteiger partial charge in [0, 0.05) is 49.5 Å². The van der Waals surface area contributed by atoms with Gasteiger partial charge < -0.3 is 55.9 Å². The molecule has 1 unspecified atom stereocenters. The lowest BCUT2D eigenvalue weighted by molar-refractivity contribution is -0.123. The number of hydrogen-bond acceptors (Lipinski definition) is 10. The number of carbonyl (C=O) groups is 5. The van der Waals surface area contributed by atoms with Crippen molar-refractivity contribution in [1.29, 1.82) is 0 Å². The van der Waals surface area contributed by atoms with Crippen molar-refractivity contribution < 1.29 is 62.9 Å². The van der Waals surface area contributed by atoms with Crippen LogP contribution >= 0.6 is 0 Å². The number of nitrogens with zero attached hydrogens (tertiary/aromatic N) is 3. The van der Waals surface area contributed by atoms with Gasteiger partial charge in [-0.05, 0) is 61.6 Å². The number of rotatable bonds is 7. The highest BCUT2D eigenvalue weighted by Crippen LogP contribution is 2.37. The summed E-state index contributed by atoms with van der Waals surface area (Å²) in [5.74, 6) is -8.95. The maximum absolute atomic E-state index is 14.7. The summed E-state index contributed by atoms with van der Waals surface area (Å²) in [6, 6.07) is 4.56. The predicted molar refractivity (Wildman–Crippen MR) is 184 cm³/mol. The molecule has 0 aliphatic carbocycles. The van der Waals surface area contributed by atoms with Crippen molar-refractivity contribution in [1.82, 2.24) is 25.3 Å². The van der Waals surface area contributed by atoms with Crippen LogP contribution < -0.4 is 20.6 Å². The molecule has 17 nitrogen and oxygen atoms in total. The molecule has 7 amide bonds. The normalized spacial score (nSPS) is 17.8. The van der Waals surface area contributed by atoms with Crippen molar-refractivity contribution in [3.05, 3.63) is 76.4 Å². The first-order valence-electron chi connectivity index (χ1n) is 16.8. The molecule has 0 saturated carbocycles. The Hall–Kier alpha value is -6.31. The Bertz CT molecular complexity index is 2030. The molecule has 54 heavy (non-hydrogen) atoms. The van der Waals surface area contributed by atoms with Crippen LogP contribution in [0.3, 0.4) is 0 Å². The molecule has 3 heterocycles. The van der Waals surface area contributed by atoms with Crippen molar-refractivity contribution in [3.8, 4) is 23.0 Å². The van der Waals surface area contributed by atoms with Gasteiger partial charge in [0.2, 0.25) is 5.91 Å². The van der Waals surface area contributed by atoms with Crippen LogP contribution in [-0.2, 0) is 11.2 Å². The van der Waals surface area contributed by atoms with Crippen LogP contribution in [0, 0.1) is 18.6 Å². The Morgan fingerprint density at radius 1 is 0.944 bits per heavy atom. The number of imide groups is 1. The van der Waals surface area contributed by atoms with Gasteiger partial charge in [0.25, 0.3) is 0 Å². The number of urea groups is 3. The van der Waals surface area contributed by atoms with Crippen molar-refractivity contribution in [2.75, 3.05) is 31.5 Å². The molecule has 8 N–H and O–H groups in total. The standard InChI is InChI=1S/C34H35BF2N6O11/c1-16-21(15-23(37)28(46)27(16)45)26(30(47)39-24-13-17-5-6-22(36)25(31(48)49)29(17)54-35(24)53)40-33(51)43-12-11-42(34(43)52)19-7-9-41(10-8-19)32(50)38-18-3-2-4-20(44)14-18/h2-6,14-15,19,24,26,44-46,53H,7-13H2,1H3,(H,38,50)(H,39,47)(H,40,51)(H,48,49)/t24?,26-/m1/s1. The second kappa shape index (κ2) is 15.0. The van der Waals surface area contributed by atoms with Gasteiger partial charge in [-0.3, -0.25) is 4.79 Å². The number of hydrogen-bond donors (Lipinski definition) is 8. The van der Waals surface area contributed by atoms with E-state index in [1.165, 1.54) is 30.0 Å². The first-order valence-corrected chi connectivity index (χ1v) is 16.8. The van der Waals surface area contributed by atoms with Gasteiger partial charge in [-0.1, -0.05) is 12.1 Å². The maximum Gasteiger partial charge on any atom is 0.547 e. The smallest absolute Gasteiger partial charge is 0.534 e. The molecule has 3 aliphatic heterocycles. The number of benzene rings is 3. The third-order valence-electron chi connectivity index (χ3n) is 9.69. The summed E-state index contributed by atoms with van der Waals surface area (Å²) in [5.41, 5.74) is -0.797. The number of halogens is 2. The zero-order valence-corrected chi connectivity index (χ0v) is 28.6. The Morgan fingerprint density at radius 3 is 2.35 bits per heavy atom. The summed E-state index contributed by atoms with van der Waals surface area (Å²) in [6.07, 6.45) is 0.522. The maximum atomic E-state index is 14.7. The Labute approximate surface area is 305 Å². The number of carboxylic acid groups (broad SMARTS) is 1. The molecule has 20 heteroatoms. The predicted octanol–water partition coefficient (Wildman–Crippen LogP) is 2.41. The van der Waals surface area contributed by atoms with E-state index in [0.717, 1.165) is 11.0 Å². The van der Waals surface area contributed by atoms with Gasteiger partial charge in [0.05, 0.1) is 5.94 Å². The van der Waals surface area contributed by atoms with Gasteiger partial charge >= 0.3 is 31.2 Å². The average Bonchev–Trinajstić information content (AvgIpc) is 3.52. The van der Waals surface area contributed by atoms with Gasteiger partial charge in [-0.2, -0.15) is 0 Å². The number of aromatic hydroxyl groups is 3. The van der Waals surface area contributed by atoms with Crippen molar-refractivity contribution in [3.63, 3.8) is 0 Å². The summed E-state index contributed by atoms with van der Waals surface area (Å²) >= 11 is 0. The minimum Gasteiger partial charge on any atom is -0.534 e. The quantitative estimate of drug-likeness (QED) is 0.129. The van der Waals surface area contributed by atoms with Crippen molar-refractivity contribution in [2.45, 2.75) is 44.2 Å². The second-order valence-electron chi connectivity index (χ2n) is 13.0. The number of phenolic OH excluding ortho intramolecular Hbond substituents is 3. The number of likely N-dealkylation sites (tertiary alicyclic amines) is 1. The molecule has 6 rings (SSSR count). The van der Waals surface area contributed by atoms with Crippen molar-refractivity contribution >= 4 is 42.8 Å². The number of carbonyl (C=O) groups excluding carboxylic acids is 4. The van der Waals surface area contributed by atoms with E-state index in [-0.39, 0.29) is 67.1 Å². The van der Waals surface area contributed by atoms with E-state index in [1.54, 1.807) is 17.0 Å². The molecule has 284 valence electrons. The fourth-order valence-electron chi connectivity index (χ4n) is 6.80. The van der Waals surface area contributed by atoms with Crippen LogP contribution in [0.15, 0.2) is 42.5 Å². The summed E-state index contributed by atoms with van der Waals surface area (Å²) in [5, 5.41) is 57.7. The van der Waals surface area contributed by atoms with E-state index < -0.39 is 77.5 Å². The summed E-state index contributed by atoms with van der Waals surface area (Å²) in [7, 11) is -1.90. The fourth-order valence-corrected chi connectivity index (χ4v) is 6.80. The van der Waals surface area contributed by atoms with E-state index in [1.807, 2.05) is 0 Å². The van der Waals surface area contributed by atoms with Crippen LogP contribution in [0.1, 0.15) is 45.9 Å². The van der Waals surface area contributed by atoms with Crippen LogP contribution in [0.4, 0.5) is 28.9 Å². The topological polar surface area (TPSA) is 242 Å².